The van der Waals surface area contributed by atoms with E-state index in [-0.39, 0.29) is 11.7 Å². The predicted octanol–water partition coefficient (Wildman–Crippen LogP) is 5.44. The summed E-state index contributed by atoms with van der Waals surface area (Å²) >= 11 is 0. The maximum absolute atomic E-state index is 11.6. The second-order valence-corrected chi connectivity index (χ2v) is 6.40. The van der Waals surface area contributed by atoms with Crippen LogP contribution in [0, 0.1) is 10.1 Å². The van der Waals surface area contributed by atoms with Crippen LogP contribution < -0.4 is 4.74 Å². The minimum atomic E-state index is -0.440. The van der Waals surface area contributed by atoms with Gasteiger partial charge in [-0.2, -0.15) is 0 Å². The largest absolute Gasteiger partial charge is 0.494 e. The number of non-ortho nitro benzene ring substituents is 1. The van der Waals surface area contributed by atoms with Gasteiger partial charge in [0.25, 0.3) is 5.69 Å². The Morgan fingerprint density at radius 3 is 2.19 bits per heavy atom. The highest BCUT2D eigenvalue weighted by Crippen LogP contribution is 2.17. The molecule has 0 aromatic heterocycles. The van der Waals surface area contributed by atoms with Crippen LogP contribution in [0.4, 0.5) is 5.69 Å². The molecule has 146 valence electrons. The first-order chi connectivity index (χ1) is 12.6. The summed E-state index contributed by atoms with van der Waals surface area (Å²) < 4.78 is 10.7. The van der Waals surface area contributed by atoms with Crippen molar-refractivity contribution < 1.29 is 19.2 Å². The van der Waals surface area contributed by atoms with Crippen molar-refractivity contribution in [3.63, 3.8) is 0 Å². The molecular weight excluding hydrogens is 334 g/mol. The summed E-state index contributed by atoms with van der Waals surface area (Å²) in [7, 11) is 0. The molecule has 0 saturated carbocycles. The second-order valence-electron chi connectivity index (χ2n) is 6.40. The number of carbonyl (C=O) groups is 1. The van der Waals surface area contributed by atoms with Crippen molar-refractivity contribution >= 4 is 11.7 Å². The van der Waals surface area contributed by atoms with Gasteiger partial charge in [0.15, 0.2) is 0 Å². The van der Waals surface area contributed by atoms with Gasteiger partial charge in [0.1, 0.15) is 5.75 Å². The van der Waals surface area contributed by atoms with Gasteiger partial charge in [-0.1, -0.05) is 45.4 Å². The average Bonchev–Trinajstić information content (AvgIpc) is 2.64. The molecule has 1 rings (SSSR count). The fourth-order valence-electron chi connectivity index (χ4n) is 2.54. The van der Waals surface area contributed by atoms with E-state index in [1.165, 1.54) is 44.2 Å². The van der Waals surface area contributed by atoms with Gasteiger partial charge in [0.05, 0.1) is 18.1 Å². The monoisotopic (exact) mass is 365 g/mol. The molecule has 0 N–H and O–H groups in total. The van der Waals surface area contributed by atoms with E-state index in [2.05, 4.69) is 6.92 Å². The molecule has 0 radical (unpaired) electrons. The molecule has 0 aliphatic carbocycles. The van der Waals surface area contributed by atoms with Crippen molar-refractivity contribution in [1.82, 2.24) is 0 Å². The third kappa shape index (κ3) is 10.7. The van der Waals surface area contributed by atoms with Crippen LogP contribution in [-0.4, -0.2) is 24.1 Å². The standard InChI is InChI=1S/C20H31NO5/c1-2-3-4-5-6-7-8-11-20(22)26-17-10-9-16-25-19-14-12-18(13-15-19)21(23)24/h12-15H,2-11,16-17H2,1H3. The number of ether oxygens (including phenoxy) is 2. The van der Waals surface area contributed by atoms with Gasteiger partial charge in [0, 0.05) is 18.6 Å². The predicted molar refractivity (Wildman–Crippen MR) is 101 cm³/mol. The zero-order valence-corrected chi connectivity index (χ0v) is 15.8. The Labute approximate surface area is 156 Å². The quantitative estimate of drug-likeness (QED) is 0.179. The van der Waals surface area contributed by atoms with Gasteiger partial charge < -0.3 is 9.47 Å². The van der Waals surface area contributed by atoms with E-state index in [1.807, 2.05) is 0 Å². The molecule has 0 heterocycles. The smallest absolute Gasteiger partial charge is 0.305 e. The normalized spacial score (nSPS) is 10.5. The van der Waals surface area contributed by atoms with Crippen molar-refractivity contribution in [2.45, 2.75) is 71.1 Å². The summed E-state index contributed by atoms with van der Waals surface area (Å²) in [6.07, 6.45) is 10.3. The Hall–Kier alpha value is -2.11. The fraction of sp³-hybridized carbons (Fsp3) is 0.650. The number of hydrogen-bond acceptors (Lipinski definition) is 5. The van der Waals surface area contributed by atoms with Crippen molar-refractivity contribution in [1.29, 1.82) is 0 Å². The fourth-order valence-corrected chi connectivity index (χ4v) is 2.54. The highest BCUT2D eigenvalue weighted by Gasteiger charge is 2.05. The zero-order valence-electron chi connectivity index (χ0n) is 15.8. The topological polar surface area (TPSA) is 78.7 Å². The molecule has 0 amide bonds. The van der Waals surface area contributed by atoms with Crippen LogP contribution in [-0.2, 0) is 9.53 Å². The Kier molecular flexibility index (Phi) is 11.9. The van der Waals surface area contributed by atoms with Gasteiger partial charge in [-0.3, -0.25) is 14.9 Å². The highest BCUT2D eigenvalue weighted by molar-refractivity contribution is 5.69. The Morgan fingerprint density at radius 1 is 0.923 bits per heavy atom. The molecule has 0 spiro atoms. The lowest BCUT2D eigenvalue weighted by Crippen LogP contribution is -2.07. The van der Waals surface area contributed by atoms with Crippen LogP contribution in [0.3, 0.4) is 0 Å². The molecule has 0 aliphatic heterocycles. The minimum Gasteiger partial charge on any atom is -0.494 e. The van der Waals surface area contributed by atoms with Crippen LogP contribution in [0.25, 0.3) is 0 Å². The van der Waals surface area contributed by atoms with Crippen molar-refractivity contribution in [2.75, 3.05) is 13.2 Å². The first-order valence-electron chi connectivity index (χ1n) is 9.66. The van der Waals surface area contributed by atoms with Crippen LogP contribution in [0.15, 0.2) is 24.3 Å². The molecule has 0 unspecified atom stereocenters. The van der Waals surface area contributed by atoms with E-state index in [0.29, 0.717) is 25.4 Å². The van der Waals surface area contributed by atoms with E-state index in [0.717, 1.165) is 25.7 Å². The van der Waals surface area contributed by atoms with E-state index >= 15 is 0 Å². The third-order valence-corrected chi connectivity index (χ3v) is 4.10. The lowest BCUT2D eigenvalue weighted by molar-refractivity contribution is -0.384. The molecular formula is C20H31NO5. The molecule has 0 bridgehead atoms. The van der Waals surface area contributed by atoms with Gasteiger partial charge >= 0.3 is 5.97 Å². The highest BCUT2D eigenvalue weighted by atomic mass is 16.6. The summed E-state index contributed by atoms with van der Waals surface area (Å²) in [5.74, 6) is 0.487. The Balaban J connectivity index is 1.94. The molecule has 6 nitrogen and oxygen atoms in total. The van der Waals surface area contributed by atoms with Crippen LogP contribution in [0.5, 0.6) is 5.75 Å². The van der Waals surface area contributed by atoms with Crippen LogP contribution >= 0.6 is 0 Å². The Morgan fingerprint density at radius 2 is 1.54 bits per heavy atom. The number of rotatable bonds is 15. The van der Waals surface area contributed by atoms with Gasteiger partial charge in [-0.05, 0) is 31.4 Å². The molecule has 0 atom stereocenters. The average molecular weight is 365 g/mol. The number of esters is 1. The van der Waals surface area contributed by atoms with E-state index in [9.17, 15) is 14.9 Å². The Bertz CT molecular complexity index is 515. The molecule has 6 heteroatoms. The summed E-state index contributed by atoms with van der Waals surface area (Å²) in [5, 5.41) is 10.6. The van der Waals surface area contributed by atoms with Crippen molar-refractivity contribution in [2.24, 2.45) is 0 Å². The molecule has 1 aromatic carbocycles. The molecule has 0 saturated heterocycles. The first-order valence-corrected chi connectivity index (χ1v) is 9.66. The van der Waals surface area contributed by atoms with Crippen LogP contribution in [0.1, 0.15) is 71.1 Å². The number of nitro benzene ring substituents is 1. The summed E-state index contributed by atoms with van der Waals surface area (Å²) in [4.78, 5) is 21.7. The first kappa shape index (κ1) is 21.9. The maximum Gasteiger partial charge on any atom is 0.305 e. The number of nitro groups is 1. The minimum absolute atomic E-state index is 0.0465. The third-order valence-electron chi connectivity index (χ3n) is 4.10. The summed E-state index contributed by atoms with van der Waals surface area (Å²) in [6.45, 7) is 3.11. The SMILES string of the molecule is CCCCCCCCCC(=O)OCCCCOc1ccc([N+](=O)[O-])cc1. The van der Waals surface area contributed by atoms with Gasteiger partial charge in [-0.25, -0.2) is 0 Å². The van der Waals surface area contributed by atoms with E-state index < -0.39 is 4.92 Å². The molecule has 0 fully saturated rings. The lowest BCUT2D eigenvalue weighted by Gasteiger charge is -2.07. The second kappa shape index (κ2) is 14.1. The van der Waals surface area contributed by atoms with Gasteiger partial charge in [0.2, 0.25) is 0 Å². The molecule has 26 heavy (non-hydrogen) atoms. The van der Waals surface area contributed by atoms with Gasteiger partial charge in [-0.15, -0.1) is 0 Å². The van der Waals surface area contributed by atoms with Crippen molar-refractivity contribution in [3.8, 4) is 5.75 Å². The number of unbranched alkanes of at least 4 members (excludes halogenated alkanes) is 7. The zero-order chi connectivity index (χ0) is 19.0. The summed E-state index contributed by atoms with van der Waals surface area (Å²) in [6, 6.07) is 6.00. The molecule has 1 aromatic rings. The lowest BCUT2D eigenvalue weighted by atomic mass is 10.1. The van der Waals surface area contributed by atoms with E-state index in [1.54, 1.807) is 12.1 Å². The number of benzene rings is 1. The summed E-state index contributed by atoms with van der Waals surface area (Å²) in [5.41, 5.74) is 0.0465. The number of carbonyl (C=O) groups excluding carboxylic acids is 1. The number of hydrogen-bond donors (Lipinski definition) is 0. The van der Waals surface area contributed by atoms with Crippen molar-refractivity contribution in [3.05, 3.63) is 34.4 Å². The molecule has 0 aliphatic rings. The number of nitrogens with zero attached hydrogens (tertiary/aromatic N) is 1. The van der Waals surface area contributed by atoms with E-state index in [4.69, 9.17) is 9.47 Å². The maximum atomic E-state index is 11.6. The van der Waals surface area contributed by atoms with Crippen LogP contribution in [0.2, 0.25) is 0 Å².